The number of hydrogen-bond donors (Lipinski definition) is 8. The Hall–Kier alpha value is -2.19. The molecule has 9 atom stereocenters. The van der Waals surface area contributed by atoms with Gasteiger partial charge in [-0.25, -0.2) is 0 Å². The molecule has 11 heteroatoms. The lowest BCUT2D eigenvalue weighted by molar-refractivity contribution is -0.303. The molecule has 0 aromatic heterocycles. The standard InChI is InChI=1S/C58H105NO10/c1-3-5-7-9-11-13-15-17-19-21-22-23-24-25-26-27-28-29-30-32-34-36-38-40-42-44-46-51(62)57(67)59-49(48-68-58-56(66)55(65)54(64)52(47-60)69-58)53(63)50(61)45-43-41-39-37-35-33-31-20-18-16-14-12-10-8-6-4-2/h12,14,20,22-23,25-26,31,37,39,49-56,58,60-66H,3-11,13,15-19,21,24,27-30,32-36,38,40-48H2,1-2H3,(H,59,67)/b14-12+,23-22-,26-25-,31-20+,39-37+. The van der Waals surface area contributed by atoms with E-state index in [1.54, 1.807) is 0 Å². The van der Waals surface area contributed by atoms with E-state index in [1.165, 1.54) is 122 Å². The summed E-state index contributed by atoms with van der Waals surface area (Å²) in [5.74, 6) is -0.716. The van der Waals surface area contributed by atoms with E-state index in [9.17, 15) is 40.5 Å². The topological polar surface area (TPSA) is 189 Å². The third-order valence-corrected chi connectivity index (χ3v) is 13.2. The molecule has 69 heavy (non-hydrogen) atoms. The van der Waals surface area contributed by atoms with Gasteiger partial charge in [0.2, 0.25) is 5.91 Å². The Kier molecular flexibility index (Phi) is 44.0. The summed E-state index contributed by atoms with van der Waals surface area (Å²) in [7, 11) is 0. The van der Waals surface area contributed by atoms with E-state index in [1.807, 2.05) is 0 Å². The predicted molar refractivity (Wildman–Crippen MR) is 284 cm³/mol. The lowest BCUT2D eigenvalue weighted by Gasteiger charge is -2.40. The molecule has 0 bridgehead atoms. The predicted octanol–water partition coefficient (Wildman–Crippen LogP) is 11.5. The van der Waals surface area contributed by atoms with Crippen LogP contribution in [0.3, 0.4) is 0 Å². The van der Waals surface area contributed by atoms with Gasteiger partial charge in [0.1, 0.15) is 36.6 Å². The summed E-state index contributed by atoms with van der Waals surface area (Å²) in [4.78, 5) is 13.2. The summed E-state index contributed by atoms with van der Waals surface area (Å²) in [6.07, 6.45) is 48.4. The van der Waals surface area contributed by atoms with E-state index in [2.05, 4.69) is 79.9 Å². The minimum atomic E-state index is -1.68. The summed E-state index contributed by atoms with van der Waals surface area (Å²) >= 11 is 0. The number of rotatable bonds is 47. The van der Waals surface area contributed by atoms with Gasteiger partial charge in [-0.05, 0) is 96.3 Å². The van der Waals surface area contributed by atoms with Gasteiger partial charge in [-0.3, -0.25) is 4.79 Å². The Morgan fingerprint density at radius 2 is 0.913 bits per heavy atom. The maximum atomic E-state index is 13.2. The van der Waals surface area contributed by atoms with Crippen molar-refractivity contribution in [1.82, 2.24) is 5.32 Å². The Balaban J connectivity index is 2.34. The summed E-state index contributed by atoms with van der Waals surface area (Å²) in [5, 5.41) is 76.0. The van der Waals surface area contributed by atoms with Crippen molar-refractivity contribution in [2.24, 2.45) is 0 Å². The lowest BCUT2D eigenvalue weighted by Crippen LogP contribution is -2.60. The monoisotopic (exact) mass is 976 g/mol. The van der Waals surface area contributed by atoms with Gasteiger partial charge in [-0.1, -0.05) is 197 Å². The molecule has 1 aliphatic rings. The Labute approximate surface area is 421 Å². The molecule has 1 rings (SSSR count). The molecule has 0 saturated carbocycles. The molecule has 0 radical (unpaired) electrons. The maximum Gasteiger partial charge on any atom is 0.249 e. The number of carbonyl (C=O) groups is 1. The molecule has 1 heterocycles. The number of amides is 1. The van der Waals surface area contributed by atoms with Crippen molar-refractivity contribution in [2.45, 2.75) is 287 Å². The van der Waals surface area contributed by atoms with Crippen LogP contribution in [0.1, 0.15) is 232 Å². The highest BCUT2D eigenvalue weighted by atomic mass is 16.7. The van der Waals surface area contributed by atoms with Crippen LogP contribution in [-0.2, 0) is 14.3 Å². The number of allylic oxidation sites excluding steroid dienone is 10. The molecule has 0 aromatic carbocycles. The highest BCUT2D eigenvalue weighted by Gasteiger charge is 2.44. The number of hydrogen-bond acceptors (Lipinski definition) is 10. The number of ether oxygens (including phenoxy) is 2. The van der Waals surface area contributed by atoms with Gasteiger partial charge in [0, 0.05) is 0 Å². The van der Waals surface area contributed by atoms with E-state index in [0.717, 1.165) is 64.2 Å². The largest absolute Gasteiger partial charge is 0.394 e. The Bertz CT molecular complexity index is 1300. The lowest BCUT2D eigenvalue weighted by atomic mass is 9.98. The fourth-order valence-electron chi connectivity index (χ4n) is 8.62. The van der Waals surface area contributed by atoms with Crippen LogP contribution in [0, 0.1) is 0 Å². The van der Waals surface area contributed by atoms with E-state index >= 15 is 0 Å². The Morgan fingerprint density at radius 1 is 0.507 bits per heavy atom. The zero-order valence-corrected chi connectivity index (χ0v) is 43.8. The van der Waals surface area contributed by atoms with E-state index in [4.69, 9.17) is 9.47 Å². The zero-order chi connectivity index (χ0) is 50.4. The molecule has 8 N–H and O–H groups in total. The molecule has 0 aliphatic carbocycles. The number of aliphatic hydroxyl groups is 7. The van der Waals surface area contributed by atoms with E-state index in [0.29, 0.717) is 19.3 Å². The van der Waals surface area contributed by atoms with Crippen molar-refractivity contribution >= 4 is 5.91 Å². The second kappa shape index (κ2) is 46.9. The van der Waals surface area contributed by atoms with Crippen LogP contribution >= 0.6 is 0 Å². The van der Waals surface area contributed by atoms with Gasteiger partial charge >= 0.3 is 0 Å². The third kappa shape index (κ3) is 35.6. The molecule has 1 aliphatic heterocycles. The SMILES string of the molecule is CCCCC/C=C/CC/C=C/CC/C=C/CCCC(O)C(O)C(COC1OC(CO)C(O)C(O)C1O)NC(=O)C(O)CCCCCCCCCCCC/C=C\C/C=C\CCCCCCCCCCC. The molecule has 1 amide bonds. The number of unbranched alkanes of at least 4 members (excludes halogenated alkanes) is 25. The van der Waals surface area contributed by atoms with Crippen LogP contribution in [0.4, 0.5) is 0 Å². The first-order valence-electron chi connectivity index (χ1n) is 28.2. The van der Waals surface area contributed by atoms with Crippen LogP contribution < -0.4 is 5.32 Å². The molecule has 402 valence electrons. The van der Waals surface area contributed by atoms with Crippen LogP contribution in [0.2, 0.25) is 0 Å². The van der Waals surface area contributed by atoms with Gasteiger partial charge in [-0.2, -0.15) is 0 Å². The van der Waals surface area contributed by atoms with Crippen LogP contribution in [0.5, 0.6) is 0 Å². The van der Waals surface area contributed by atoms with Crippen molar-refractivity contribution in [3.8, 4) is 0 Å². The van der Waals surface area contributed by atoms with E-state index in [-0.39, 0.29) is 12.8 Å². The van der Waals surface area contributed by atoms with Gasteiger partial charge in [0.25, 0.3) is 0 Å². The summed E-state index contributed by atoms with van der Waals surface area (Å²) in [6.45, 7) is 3.40. The minimum absolute atomic E-state index is 0.238. The molecule has 0 spiro atoms. The molecule has 11 nitrogen and oxygen atoms in total. The molecular formula is C58H105NO10. The molecule has 9 unspecified atom stereocenters. The van der Waals surface area contributed by atoms with Gasteiger partial charge in [0.15, 0.2) is 6.29 Å². The second-order valence-electron chi connectivity index (χ2n) is 19.6. The average molecular weight is 976 g/mol. The van der Waals surface area contributed by atoms with Crippen molar-refractivity contribution < 1.29 is 50.0 Å². The van der Waals surface area contributed by atoms with Crippen molar-refractivity contribution in [3.05, 3.63) is 60.8 Å². The van der Waals surface area contributed by atoms with Crippen molar-refractivity contribution in [3.63, 3.8) is 0 Å². The molecule has 1 saturated heterocycles. The summed E-state index contributed by atoms with van der Waals surface area (Å²) < 4.78 is 11.1. The third-order valence-electron chi connectivity index (χ3n) is 13.2. The van der Waals surface area contributed by atoms with Crippen LogP contribution in [0.25, 0.3) is 0 Å². The maximum absolute atomic E-state index is 13.2. The highest BCUT2D eigenvalue weighted by Crippen LogP contribution is 2.23. The zero-order valence-electron chi connectivity index (χ0n) is 43.8. The normalized spacial score (nSPS) is 20.9. The fourth-order valence-corrected chi connectivity index (χ4v) is 8.62. The van der Waals surface area contributed by atoms with Crippen LogP contribution in [0.15, 0.2) is 60.8 Å². The summed E-state index contributed by atoms with van der Waals surface area (Å²) in [6, 6.07) is -1.20. The van der Waals surface area contributed by atoms with Crippen molar-refractivity contribution in [2.75, 3.05) is 13.2 Å². The Morgan fingerprint density at radius 3 is 1.41 bits per heavy atom. The number of aliphatic hydroxyl groups excluding tert-OH is 7. The minimum Gasteiger partial charge on any atom is -0.394 e. The first-order valence-corrected chi connectivity index (χ1v) is 28.2. The smallest absolute Gasteiger partial charge is 0.249 e. The quantitative estimate of drug-likeness (QED) is 0.0215. The molecule has 0 aromatic rings. The first kappa shape index (κ1) is 64.8. The first-order chi connectivity index (χ1) is 33.7. The van der Waals surface area contributed by atoms with Crippen LogP contribution in [-0.4, -0.2) is 110 Å². The van der Waals surface area contributed by atoms with E-state index < -0.39 is 74.2 Å². The molecule has 1 fully saturated rings. The number of nitrogens with one attached hydrogen (secondary N) is 1. The highest BCUT2D eigenvalue weighted by molar-refractivity contribution is 5.80. The van der Waals surface area contributed by atoms with Crippen molar-refractivity contribution in [1.29, 1.82) is 0 Å². The van der Waals surface area contributed by atoms with Gasteiger partial charge in [-0.15, -0.1) is 0 Å². The fraction of sp³-hybridized carbons (Fsp3) is 0.810. The molecular weight excluding hydrogens is 871 g/mol. The number of carbonyl (C=O) groups excluding carboxylic acids is 1. The van der Waals surface area contributed by atoms with Gasteiger partial charge in [0.05, 0.1) is 25.4 Å². The summed E-state index contributed by atoms with van der Waals surface area (Å²) in [5.41, 5.74) is 0. The average Bonchev–Trinajstić information content (AvgIpc) is 3.35. The van der Waals surface area contributed by atoms with Gasteiger partial charge < -0.3 is 50.5 Å². The second-order valence-corrected chi connectivity index (χ2v) is 19.6.